The Balaban J connectivity index is 1.21. The molecule has 0 unspecified atom stereocenters. The zero-order valence-corrected chi connectivity index (χ0v) is 17.4. The Hall–Kier alpha value is -1.14. The fourth-order valence-corrected chi connectivity index (χ4v) is 7.07. The molecule has 1 heterocycles. The molecule has 0 aromatic carbocycles. The zero-order valence-electron chi connectivity index (χ0n) is 17.4. The fourth-order valence-electron chi connectivity index (χ4n) is 7.07. The van der Waals surface area contributed by atoms with Gasteiger partial charge < -0.3 is 20.7 Å². The van der Waals surface area contributed by atoms with E-state index in [0.29, 0.717) is 19.6 Å². The maximum Gasteiger partial charge on any atom is 0.239 e. The highest BCUT2D eigenvalue weighted by molar-refractivity contribution is 5.85. The number of piperidine rings is 1. The van der Waals surface area contributed by atoms with Gasteiger partial charge in [-0.25, -0.2) is 0 Å². The molecular formula is C22H37N3O3. The van der Waals surface area contributed by atoms with Gasteiger partial charge in [0.25, 0.3) is 0 Å². The molecule has 6 heteroatoms. The normalized spacial score (nSPS) is 35.5. The number of carbonyl (C=O) groups is 2. The molecule has 1 saturated heterocycles. The van der Waals surface area contributed by atoms with Crippen LogP contribution in [0.4, 0.5) is 0 Å². The second-order valence-corrected chi connectivity index (χ2v) is 10.3. The van der Waals surface area contributed by atoms with Crippen molar-refractivity contribution in [3.8, 4) is 0 Å². The van der Waals surface area contributed by atoms with Gasteiger partial charge in [-0.3, -0.25) is 9.59 Å². The maximum absolute atomic E-state index is 12.6. The first-order chi connectivity index (χ1) is 13.5. The van der Waals surface area contributed by atoms with Crippen molar-refractivity contribution in [1.29, 1.82) is 0 Å². The highest BCUT2D eigenvalue weighted by Crippen LogP contribution is 2.61. The number of methoxy groups -OCH3 is 1. The first-order valence-corrected chi connectivity index (χ1v) is 11.2. The van der Waals surface area contributed by atoms with E-state index in [0.717, 1.165) is 43.7 Å². The molecule has 5 rings (SSSR count). The molecule has 4 aliphatic carbocycles. The molecule has 4 saturated carbocycles. The molecule has 158 valence electrons. The number of nitrogens with one attached hydrogen (secondary N) is 3. The summed E-state index contributed by atoms with van der Waals surface area (Å²) in [4.78, 5) is 24.9. The summed E-state index contributed by atoms with van der Waals surface area (Å²) in [5.74, 6) is 2.52. The summed E-state index contributed by atoms with van der Waals surface area (Å²) >= 11 is 0. The van der Waals surface area contributed by atoms with E-state index in [1.54, 1.807) is 7.11 Å². The van der Waals surface area contributed by atoms with E-state index in [1.165, 1.54) is 38.5 Å². The minimum absolute atomic E-state index is 0.0128. The van der Waals surface area contributed by atoms with Gasteiger partial charge in [0, 0.05) is 25.5 Å². The molecule has 3 N–H and O–H groups in total. The van der Waals surface area contributed by atoms with Crippen LogP contribution in [0.15, 0.2) is 0 Å². The third-order valence-electron chi connectivity index (χ3n) is 7.92. The number of rotatable bonds is 8. The Morgan fingerprint density at radius 3 is 2.14 bits per heavy atom. The quantitative estimate of drug-likeness (QED) is 0.590. The number of amides is 2. The van der Waals surface area contributed by atoms with Crippen molar-refractivity contribution in [2.45, 2.75) is 57.8 Å². The Labute approximate surface area is 168 Å². The third-order valence-corrected chi connectivity index (χ3v) is 7.92. The van der Waals surface area contributed by atoms with Crippen molar-refractivity contribution >= 4 is 11.8 Å². The predicted octanol–water partition coefficient (Wildman–Crippen LogP) is 1.84. The van der Waals surface area contributed by atoms with Crippen LogP contribution >= 0.6 is 0 Å². The standard InChI is InChI=1S/C22H37N3O3/c1-28-15-21(2-4-23-5-3-21)14-25-20(27)13-24-19(26)12-22-9-16-6-17(10-22)8-18(7-16)11-22/h16-18,23H,2-15H2,1H3,(H,24,26)(H,25,27). The lowest BCUT2D eigenvalue weighted by molar-refractivity contribution is -0.132. The number of hydrogen-bond donors (Lipinski definition) is 3. The second-order valence-electron chi connectivity index (χ2n) is 10.3. The highest BCUT2D eigenvalue weighted by atomic mass is 16.5. The van der Waals surface area contributed by atoms with E-state index in [4.69, 9.17) is 4.74 Å². The molecule has 0 atom stereocenters. The topological polar surface area (TPSA) is 79.5 Å². The molecule has 0 aromatic heterocycles. The van der Waals surface area contributed by atoms with Gasteiger partial charge in [-0.15, -0.1) is 0 Å². The second kappa shape index (κ2) is 8.31. The van der Waals surface area contributed by atoms with E-state index < -0.39 is 0 Å². The van der Waals surface area contributed by atoms with Crippen LogP contribution in [0.2, 0.25) is 0 Å². The summed E-state index contributed by atoms with van der Waals surface area (Å²) in [5.41, 5.74) is 0.242. The van der Waals surface area contributed by atoms with Gasteiger partial charge in [0.15, 0.2) is 0 Å². The Morgan fingerprint density at radius 2 is 1.57 bits per heavy atom. The van der Waals surface area contributed by atoms with E-state index >= 15 is 0 Å². The first kappa shape index (κ1) is 20.1. The van der Waals surface area contributed by atoms with Crippen molar-refractivity contribution in [3.63, 3.8) is 0 Å². The molecule has 1 aliphatic heterocycles. The number of ether oxygens (including phenoxy) is 1. The van der Waals surface area contributed by atoms with Crippen LogP contribution in [0, 0.1) is 28.6 Å². The Kier molecular flexibility index (Phi) is 5.98. The lowest BCUT2D eigenvalue weighted by Crippen LogP contribution is -2.50. The highest BCUT2D eigenvalue weighted by Gasteiger charge is 2.51. The summed E-state index contributed by atoms with van der Waals surface area (Å²) in [7, 11) is 1.72. The van der Waals surface area contributed by atoms with E-state index in [-0.39, 0.29) is 29.2 Å². The lowest BCUT2D eigenvalue weighted by Gasteiger charge is -2.56. The summed E-state index contributed by atoms with van der Waals surface area (Å²) in [5, 5.41) is 9.29. The van der Waals surface area contributed by atoms with Gasteiger partial charge >= 0.3 is 0 Å². The van der Waals surface area contributed by atoms with Gasteiger partial charge in [0.1, 0.15) is 0 Å². The smallest absolute Gasteiger partial charge is 0.239 e. The lowest BCUT2D eigenvalue weighted by atomic mass is 9.49. The summed E-state index contributed by atoms with van der Waals surface area (Å²) < 4.78 is 5.40. The largest absolute Gasteiger partial charge is 0.384 e. The van der Waals surface area contributed by atoms with Crippen LogP contribution in [-0.4, -0.2) is 51.7 Å². The minimum Gasteiger partial charge on any atom is -0.384 e. The molecule has 0 radical (unpaired) electrons. The average Bonchev–Trinajstić information content (AvgIpc) is 2.64. The molecule has 5 fully saturated rings. The van der Waals surface area contributed by atoms with Crippen LogP contribution in [0.5, 0.6) is 0 Å². The molecule has 5 aliphatic rings. The van der Waals surface area contributed by atoms with Crippen LogP contribution in [0.3, 0.4) is 0 Å². The van der Waals surface area contributed by atoms with Crippen LogP contribution in [0.25, 0.3) is 0 Å². The van der Waals surface area contributed by atoms with E-state index in [9.17, 15) is 9.59 Å². The maximum atomic E-state index is 12.6. The molecule has 6 nitrogen and oxygen atoms in total. The molecule has 2 amide bonds. The van der Waals surface area contributed by atoms with Crippen LogP contribution in [-0.2, 0) is 14.3 Å². The average molecular weight is 392 g/mol. The van der Waals surface area contributed by atoms with Crippen molar-refractivity contribution in [2.24, 2.45) is 28.6 Å². The fraction of sp³-hybridized carbons (Fsp3) is 0.909. The van der Waals surface area contributed by atoms with Crippen molar-refractivity contribution in [2.75, 3.05) is 39.9 Å². The number of carbonyl (C=O) groups excluding carboxylic acids is 2. The van der Waals surface area contributed by atoms with Gasteiger partial charge in [0.2, 0.25) is 11.8 Å². The van der Waals surface area contributed by atoms with Crippen LogP contribution < -0.4 is 16.0 Å². The van der Waals surface area contributed by atoms with Crippen molar-refractivity contribution in [3.05, 3.63) is 0 Å². The molecule has 0 aromatic rings. The van der Waals surface area contributed by atoms with Crippen molar-refractivity contribution < 1.29 is 14.3 Å². The summed E-state index contributed by atoms with van der Waals surface area (Å²) in [6, 6.07) is 0. The first-order valence-electron chi connectivity index (χ1n) is 11.2. The Bertz CT molecular complexity index is 545. The zero-order chi connectivity index (χ0) is 19.6. The summed E-state index contributed by atoms with van der Waals surface area (Å²) in [6.07, 6.45) is 10.5. The van der Waals surface area contributed by atoms with Gasteiger partial charge in [-0.05, 0) is 87.6 Å². The van der Waals surface area contributed by atoms with Gasteiger partial charge in [-0.2, -0.15) is 0 Å². The monoisotopic (exact) mass is 391 g/mol. The van der Waals surface area contributed by atoms with Crippen LogP contribution in [0.1, 0.15) is 57.8 Å². The minimum atomic E-state index is -0.0899. The number of hydrogen-bond acceptors (Lipinski definition) is 4. The molecule has 4 bridgehead atoms. The SMILES string of the molecule is COCC1(CNC(=O)CNC(=O)CC23CC4CC(CC(C4)C2)C3)CCNCC1. The molecule has 0 spiro atoms. The van der Waals surface area contributed by atoms with Gasteiger partial charge in [0.05, 0.1) is 13.2 Å². The predicted molar refractivity (Wildman–Crippen MR) is 108 cm³/mol. The molecular weight excluding hydrogens is 354 g/mol. The van der Waals surface area contributed by atoms with Gasteiger partial charge in [-0.1, -0.05) is 0 Å². The summed E-state index contributed by atoms with van der Waals surface area (Å²) in [6.45, 7) is 3.29. The van der Waals surface area contributed by atoms with E-state index in [1.807, 2.05) is 0 Å². The van der Waals surface area contributed by atoms with Crippen molar-refractivity contribution in [1.82, 2.24) is 16.0 Å². The van der Waals surface area contributed by atoms with E-state index in [2.05, 4.69) is 16.0 Å². The Morgan fingerprint density at radius 1 is 0.964 bits per heavy atom. The third kappa shape index (κ3) is 4.54. The molecule has 28 heavy (non-hydrogen) atoms.